The van der Waals surface area contributed by atoms with Gasteiger partial charge in [-0.1, -0.05) is 6.07 Å². The van der Waals surface area contributed by atoms with E-state index in [0.29, 0.717) is 23.4 Å². The zero-order valence-corrected chi connectivity index (χ0v) is 21.2. The van der Waals surface area contributed by atoms with Gasteiger partial charge in [-0.25, -0.2) is 14.2 Å². The number of aryl methyl sites for hydroxylation is 1. The molecule has 0 amide bonds. The maximum Gasteiger partial charge on any atom is 0.490 e. The average Bonchev–Trinajstić information content (AvgIpc) is 3.23. The van der Waals surface area contributed by atoms with Crippen LogP contribution in [0.4, 0.5) is 23.5 Å². The van der Waals surface area contributed by atoms with Crippen molar-refractivity contribution in [2.24, 2.45) is 7.05 Å². The molecule has 3 aromatic rings. The highest BCUT2D eigenvalue weighted by molar-refractivity contribution is 5.73. The lowest BCUT2D eigenvalue weighted by molar-refractivity contribution is -0.192. The standard InChI is InChI=1S/C21H27FN8O.C2HF3O2/c1-20(2)9-14(18(22)21(3,4)29-20)25-19-23-10-16(26-27-19)13-7-6-12(8-17(13)31)15-11-24-30(5)28-15;3-2(4,5)1(6)7/h6-8,10-11,14,18,29,31H,9H2,1-5H3,(H,23,25,27);(H,6,7)/t14-,18-;/m0./s1. The Morgan fingerprint density at radius 1 is 1.16 bits per heavy atom. The van der Waals surface area contributed by atoms with Gasteiger partial charge in [0, 0.05) is 29.3 Å². The van der Waals surface area contributed by atoms with E-state index >= 15 is 0 Å². The summed E-state index contributed by atoms with van der Waals surface area (Å²) in [6.45, 7) is 7.79. The highest BCUT2D eigenvalue weighted by Crippen LogP contribution is 2.33. The number of phenolic OH excluding ortho intramolecular Hbond substituents is 1. The van der Waals surface area contributed by atoms with Crippen LogP contribution < -0.4 is 10.6 Å². The molecule has 11 nitrogen and oxygen atoms in total. The lowest BCUT2D eigenvalue weighted by Gasteiger charge is -2.48. The second-order valence-electron chi connectivity index (χ2n) is 10.0. The van der Waals surface area contributed by atoms with Crippen LogP contribution in [-0.4, -0.2) is 75.8 Å². The quantitative estimate of drug-likeness (QED) is 0.363. The smallest absolute Gasteiger partial charge is 0.490 e. The van der Waals surface area contributed by atoms with Crippen LogP contribution in [0.25, 0.3) is 22.5 Å². The van der Waals surface area contributed by atoms with Gasteiger partial charge in [0.1, 0.15) is 23.3 Å². The molecular formula is C23H28F4N8O3. The first-order valence-electron chi connectivity index (χ1n) is 11.4. The molecule has 15 heteroatoms. The number of aromatic hydroxyl groups is 1. The normalized spacial score (nSPS) is 20.2. The SMILES string of the molecule is Cn1ncc(-c2ccc(-c3cnc(N[C@H]4CC(C)(C)NC(C)(C)[C@H]4F)nn3)c(O)c2)n1.O=C(O)C(F)(F)F. The Morgan fingerprint density at radius 2 is 1.82 bits per heavy atom. The molecule has 38 heavy (non-hydrogen) atoms. The molecule has 1 saturated heterocycles. The molecule has 0 unspecified atom stereocenters. The molecule has 1 fully saturated rings. The lowest BCUT2D eigenvalue weighted by Crippen LogP contribution is -2.67. The molecule has 4 rings (SSSR count). The van der Waals surface area contributed by atoms with Crippen molar-refractivity contribution in [3.8, 4) is 28.3 Å². The number of halogens is 4. The summed E-state index contributed by atoms with van der Waals surface area (Å²) in [4.78, 5) is 14.6. The highest BCUT2D eigenvalue weighted by Gasteiger charge is 2.46. The first-order chi connectivity index (χ1) is 17.5. The second-order valence-corrected chi connectivity index (χ2v) is 10.0. The summed E-state index contributed by atoms with van der Waals surface area (Å²) >= 11 is 0. The van der Waals surface area contributed by atoms with Gasteiger partial charge < -0.3 is 20.8 Å². The van der Waals surface area contributed by atoms with Gasteiger partial charge in [0.2, 0.25) is 5.95 Å². The van der Waals surface area contributed by atoms with Gasteiger partial charge in [-0.15, -0.1) is 10.2 Å². The number of aliphatic carboxylic acids is 1. The van der Waals surface area contributed by atoms with Crippen molar-refractivity contribution in [2.45, 2.75) is 63.6 Å². The molecule has 0 radical (unpaired) electrons. The molecule has 0 spiro atoms. The largest absolute Gasteiger partial charge is 0.507 e. The number of nitrogens with one attached hydrogen (secondary N) is 2. The Hall–Kier alpha value is -3.88. The van der Waals surface area contributed by atoms with Crippen LogP contribution in [0, 0.1) is 0 Å². The van der Waals surface area contributed by atoms with Gasteiger partial charge in [0.15, 0.2) is 0 Å². The van der Waals surface area contributed by atoms with Crippen molar-refractivity contribution < 1.29 is 32.6 Å². The summed E-state index contributed by atoms with van der Waals surface area (Å²) in [5.41, 5.74) is 1.39. The molecule has 0 saturated carbocycles. The van der Waals surface area contributed by atoms with Crippen molar-refractivity contribution in [2.75, 3.05) is 5.32 Å². The van der Waals surface area contributed by atoms with Crippen molar-refractivity contribution >= 4 is 11.9 Å². The van der Waals surface area contributed by atoms with E-state index in [1.54, 1.807) is 25.4 Å². The van der Waals surface area contributed by atoms with Crippen LogP contribution >= 0.6 is 0 Å². The summed E-state index contributed by atoms with van der Waals surface area (Å²) in [5.74, 6) is -2.47. The van der Waals surface area contributed by atoms with Gasteiger partial charge in [0.05, 0.1) is 18.4 Å². The zero-order chi connectivity index (χ0) is 28.5. The number of carboxylic acids is 1. The summed E-state index contributed by atoms with van der Waals surface area (Å²) in [6.07, 6.45) is -2.50. The maximum absolute atomic E-state index is 15.0. The third-order valence-electron chi connectivity index (χ3n) is 5.72. The number of hydrogen-bond acceptors (Lipinski definition) is 9. The number of aromatic nitrogens is 6. The molecule has 3 heterocycles. The zero-order valence-electron chi connectivity index (χ0n) is 21.2. The highest BCUT2D eigenvalue weighted by atomic mass is 19.4. The Labute approximate surface area is 215 Å². The van der Waals surface area contributed by atoms with E-state index in [4.69, 9.17) is 9.90 Å². The molecule has 4 N–H and O–H groups in total. The van der Waals surface area contributed by atoms with Crippen molar-refractivity contribution in [3.63, 3.8) is 0 Å². The van der Waals surface area contributed by atoms with E-state index in [-0.39, 0.29) is 17.2 Å². The molecule has 2 atom stereocenters. The minimum atomic E-state index is -5.08. The first kappa shape index (κ1) is 28.7. The predicted octanol–water partition coefficient (Wildman–Crippen LogP) is 3.34. The maximum atomic E-state index is 15.0. The molecule has 1 aliphatic rings. The second kappa shape index (κ2) is 10.5. The Bertz CT molecular complexity index is 1280. The van der Waals surface area contributed by atoms with Gasteiger partial charge >= 0.3 is 12.1 Å². The monoisotopic (exact) mass is 540 g/mol. The predicted molar refractivity (Wildman–Crippen MR) is 129 cm³/mol. The number of phenols is 1. The fraction of sp³-hybridized carbons (Fsp3) is 0.478. The van der Waals surface area contributed by atoms with Crippen LogP contribution in [0.1, 0.15) is 34.1 Å². The molecule has 1 aromatic carbocycles. The van der Waals surface area contributed by atoms with Crippen LogP contribution in [0.3, 0.4) is 0 Å². The minimum absolute atomic E-state index is 0.0330. The molecule has 1 aliphatic heterocycles. The van der Waals surface area contributed by atoms with Gasteiger partial charge in [-0.3, -0.25) is 0 Å². The summed E-state index contributed by atoms with van der Waals surface area (Å²) in [7, 11) is 1.73. The van der Waals surface area contributed by atoms with Gasteiger partial charge in [-0.05, 0) is 46.2 Å². The third kappa shape index (κ3) is 6.90. The van der Waals surface area contributed by atoms with Gasteiger partial charge in [-0.2, -0.15) is 28.2 Å². The Morgan fingerprint density at radius 3 is 2.32 bits per heavy atom. The molecule has 0 bridgehead atoms. The van der Waals surface area contributed by atoms with E-state index in [1.807, 2.05) is 33.8 Å². The number of carbonyl (C=O) groups is 1. The molecule has 206 valence electrons. The van der Waals surface area contributed by atoms with E-state index in [0.717, 1.165) is 5.56 Å². The number of anilines is 1. The third-order valence-corrected chi connectivity index (χ3v) is 5.72. The summed E-state index contributed by atoms with van der Waals surface area (Å²) in [6, 6.07) is 4.70. The number of benzene rings is 1. The van der Waals surface area contributed by atoms with Crippen LogP contribution in [0.2, 0.25) is 0 Å². The number of alkyl halides is 4. The van der Waals surface area contributed by atoms with Crippen LogP contribution in [0.15, 0.2) is 30.6 Å². The van der Waals surface area contributed by atoms with Crippen molar-refractivity contribution in [3.05, 3.63) is 30.6 Å². The number of piperidine rings is 1. The number of rotatable bonds is 4. The lowest BCUT2D eigenvalue weighted by atomic mass is 9.78. The Balaban J connectivity index is 0.000000505. The summed E-state index contributed by atoms with van der Waals surface area (Å²) < 4.78 is 46.7. The van der Waals surface area contributed by atoms with Gasteiger partial charge in [0.25, 0.3) is 0 Å². The van der Waals surface area contributed by atoms with E-state index in [1.165, 1.54) is 11.0 Å². The van der Waals surface area contributed by atoms with Crippen molar-refractivity contribution in [1.82, 2.24) is 35.5 Å². The van der Waals surface area contributed by atoms with Crippen LogP contribution in [-0.2, 0) is 11.8 Å². The molecular weight excluding hydrogens is 512 g/mol. The van der Waals surface area contributed by atoms with Crippen LogP contribution in [0.5, 0.6) is 5.75 Å². The topological polar surface area (TPSA) is 151 Å². The van der Waals surface area contributed by atoms with E-state index in [9.17, 15) is 22.7 Å². The number of nitrogens with zero attached hydrogens (tertiary/aromatic N) is 6. The van der Waals surface area contributed by atoms with E-state index < -0.39 is 29.9 Å². The Kier molecular flexibility index (Phi) is 7.91. The summed E-state index contributed by atoms with van der Waals surface area (Å²) in [5, 5.41) is 40.6. The fourth-order valence-electron chi connectivity index (χ4n) is 4.29. The van der Waals surface area contributed by atoms with E-state index in [2.05, 4.69) is 36.0 Å². The average molecular weight is 541 g/mol. The molecule has 0 aliphatic carbocycles. The minimum Gasteiger partial charge on any atom is -0.507 e. The molecule has 2 aromatic heterocycles. The number of carboxylic acid groups (broad SMARTS) is 1. The first-order valence-corrected chi connectivity index (χ1v) is 11.4. The fourth-order valence-corrected chi connectivity index (χ4v) is 4.29. The van der Waals surface area contributed by atoms with Crippen molar-refractivity contribution in [1.29, 1.82) is 0 Å². The number of hydrogen-bond donors (Lipinski definition) is 4.